The molecule has 0 radical (unpaired) electrons. The van der Waals surface area contributed by atoms with Gasteiger partial charge in [-0.15, -0.1) is 11.3 Å². The van der Waals surface area contributed by atoms with Gasteiger partial charge >= 0.3 is 0 Å². The number of benzene rings is 1. The number of hydrogen-bond donors (Lipinski definition) is 1. The molecule has 1 aliphatic heterocycles. The van der Waals surface area contributed by atoms with Crippen LogP contribution >= 0.6 is 11.3 Å². The second-order valence-electron chi connectivity index (χ2n) is 7.40. The number of anilines is 1. The summed E-state index contributed by atoms with van der Waals surface area (Å²) in [5, 5.41) is 4.50. The monoisotopic (exact) mass is 435 g/mol. The molecular formula is C21H29N3O3S2. The highest BCUT2D eigenvalue weighted by atomic mass is 32.2. The van der Waals surface area contributed by atoms with Gasteiger partial charge in [0.05, 0.1) is 0 Å². The van der Waals surface area contributed by atoms with Crippen LogP contribution in [0, 0.1) is 13.8 Å². The fourth-order valence-corrected chi connectivity index (χ4v) is 6.23. The molecule has 3 rings (SSSR count). The van der Waals surface area contributed by atoms with Crippen molar-refractivity contribution in [2.75, 3.05) is 37.6 Å². The molecule has 1 fully saturated rings. The van der Waals surface area contributed by atoms with Crippen molar-refractivity contribution in [1.82, 2.24) is 9.62 Å². The average Bonchev–Trinajstić information content (AvgIpc) is 3.21. The van der Waals surface area contributed by atoms with Crippen molar-refractivity contribution in [1.29, 1.82) is 0 Å². The Balaban J connectivity index is 1.72. The van der Waals surface area contributed by atoms with Crippen molar-refractivity contribution in [2.24, 2.45) is 0 Å². The van der Waals surface area contributed by atoms with Gasteiger partial charge in [-0.05, 0) is 48.9 Å². The third kappa shape index (κ3) is 4.82. The van der Waals surface area contributed by atoms with Crippen molar-refractivity contribution >= 4 is 33.0 Å². The Hall–Kier alpha value is -1.90. The number of thiophene rings is 1. The van der Waals surface area contributed by atoms with Crippen LogP contribution in [0.25, 0.3) is 0 Å². The van der Waals surface area contributed by atoms with Crippen LogP contribution in [0.1, 0.15) is 40.6 Å². The normalized spacial score (nSPS) is 15.5. The van der Waals surface area contributed by atoms with Gasteiger partial charge in [-0.25, -0.2) is 8.42 Å². The average molecular weight is 436 g/mol. The fourth-order valence-electron chi connectivity index (χ4n) is 3.49. The first-order chi connectivity index (χ1) is 13.8. The molecule has 6 nitrogen and oxygen atoms in total. The second kappa shape index (κ2) is 9.28. The van der Waals surface area contributed by atoms with Crippen molar-refractivity contribution in [2.45, 2.75) is 38.5 Å². The maximum absolute atomic E-state index is 13.2. The van der Waals surface area contributed by atoms with Gasteiger partial charge in [-0.2, -0.15) is 4.31 Å². The van der Waals surface area contributed by atoms with E-state index in [0.717, 1.165) is 18.5 Å². The maximum Gasteiger partial charge on any atom is 0.262 e. The summed E-state index contributed by atoms with van der Waals surface area (Å²) in [4.78, 5) is 15.1. The van der Waals surface area contributed by atoms with Gasteiger partial charge < -0.3 is 10.2 Å². The van der Waals surface area contributed by atoms with E-state index in [-0.39, 0.29) is 15.7 Å². The number of nitrogens with one attached hydrogen (secondary N) is 1. The minimum absolute atomic E-state index is 0.122. The van der Waals surface area contributed by atoms with Gasteiger partial charge in [-0.3, -0.25) is 4.79 Å². The van der Waals surface area contributed by atoms with Crippen LogP contribution in [0.3, 0.4) is 0 Å². The third-order valence-electron chi connectivity index (χ3n) is 5.21. The van der Waals surface area contributed by atoms with Gasteiger partial charge in [0.25, 0.3) is 5.91 Å². The number of hydrogen-bond acceptors (Lipinski definition) is 5. The van der Waals surface area contributed by atoms with E-state index in [9.17, 15) is 13.2 Å². The van der Waals surface area contributed by atoms with E-state index in [1.807, 2.05) is 6.92 Å². The molecule has 0 saturated carbocycles. The predicted octanol–water partition coefficient (Wildman–Crippen LogP) is 3.41. The summed E-state index contributed by atoms with van der Waals surface area (Å²) in [6.45, 7) is 8.81. The van der Waals surface area contributed by atoms with E-state index < -0.39 is 10.0 Å². The Morgan fingerprint density at radius 1 is 1.14 bits per heavy atom. The second-order valence-corrected chi connectivity index (χ2v) is 10.2. The summed E-state index contributed by atoms with van der Waals surface area (Å²) in [5.41, 5.74) is 3.54. The zero-order valence-electron chi connectivity index (χ0n) is 17.3. The highest BCUT2D eigenvalue weighted by Crippen LogP contribution is 2.28. The zero-order valence-corrected chi connectivity index (χ0v) is 18.9. The highest BCUT2D eigenvalue weighted by molar-refractivity contribution is 7.89. The molecule has 2 heterocycles. The number of carbonyl (C=O) groups is 1. The number of aryl methyl sites for hydroxylation is 2. The Labute approximate surface area is 177 Å². The lowest BCUT2D eigenvalue weighted by Crippen LogP contribution is -2.49. The molecule has 0 atom stereocenters. The summed E-state index contributed by atoms with van der Waals surface area (Å²) in [5.74, 6) is -0.305. The van der Waals surface area contributed by atoms with Gasteiger partial charge in [0, 0.05) is 38.4 Å². The van der Waals surface area contributed by atoms with Crippen molar-refractivity contribution in [3.05, 3.63) is 45.6 Å². The molecule has 29 heavy (non-hydrogen) atoms. The summed E-state index contributed by atoms with van der Waals surface area (Å²) in [7, 11) is -3.69. The number of nitrogens with zero attached hydrogens (tertiary/aromatic N) is 2. The number of carbonyl (C=O) groups excluding carboxylic acids is 1. The lowest BCUT2D eigenvalue weighted by Gasteiger charge is -2.36. The first-order valence-electron chi connectivity index (χ1n) is 10.0. The van der Waals surface area contributed by atoms with Gasteiger partial charge in [0.1, 0.15) is 9.77 Å². The van der Waals surface area contributed by atoms with Crippen molar-refractivity contribution in [3.8, 4) is 0 Å². The molecular weight excluding hydrogens is 406 g/mol. The smallest absolute Gasteiger partial charge is 0.262 e. The van der Waals surface area contributed by atoms with Crippen LogP contribution in [0.4, 0.5) is 5.69 Å². The van der Waals surface area contributed by atoms with Crippen LogP contribution in [-0.2, 0) is 10.0 Å². The van der Waals surface area contributed by atoms with Crippen LogP contribution in [0.5, 0.6) is 0 Å². The molecule has 1 aromatic carbocycles. The number of sulfonamides is 1. The number of amides is 1. The van der Waals surface area contributed by atoms with Gasteiger partial charge in [0.15, 0.2) is 0 Å². The van der Waals surface area contributed by atoms with E-state index in [2.05, 4.69) is 42.3 Å². The predicted molar refractivity (Wildman–Crippen MR) is 118 cm³/mol. The topological polar surface area (TPSA) is 69.7 Å². The minimum Gasteiger partial charge on any atom is -0.369 e. The fraction of sp³-hybridized carbons (Fsp3) is 0.476. The molecule has 0 aliphatic carbocycles. The summed E-state index contributed by atoms with van der Waals surface area (Å²) in [6, 6.07) is 7.88. The largest absolute Gasteiger partial charge is 0.369 e. The molecule has 0 spiro atoms. The molecule has 0 unspecified atom stereocenters. The van der Waals surface area contributed by atoms with Crippen molar-refractivity contribution < 1.29 is 13.2 Å². The standard InChI is InChI=1S/C21H29N3O3S2/c1-4-5-9-22-21(25)20-19(8-14-28-20)29(26,27)24-12-10-23(11-13-24)18-15-16(2)6-7-17(18)3/h6-8,14-15H,4-5,9-13H2,1-3H3,(H,22,25). The molecule has 1 amide bonds. The molecule has 2 aromatic rings. The molecule has 158 valence electrons. The Kier molecular flexibility index (Phi) is 6.97. The van der Waals surface area contributed by atoms with E-state index in [0.29, 0.717) is 32.7 Å². The Morgan fingerprint density at radius 2 is 1.86 bits per heavy atom. The number of unbranched alkanes of at least 4 members (excludes halogenated alkanes) is 1. The quantitative estimate of drug-likeness (QED) is 0.677. The van der Waals surface area contributed by atoms with E-state index in [1.165, 1.54) is 26.8 Å². The van der Waals surface area contributed by atoms with Crippen LogP contribution in [-0.4, -0.2) is 51.4 Å². The third-order valence-corrected chi connectivity index (χ3v) is 8.20. The Morgan fingerprint density at radius 3 is 2.55 bits per heavy atom. The first-order valence-corrected chi connectivity index (χ1v) is 12.3. The highest BCUT2D eigenvalue weighted by Gasteiger charge is 2.32. The van der Waals surface area contributed by atoms with Gasteiger partial charge in [-0.1, -0.05) is 25.5 Å². The maximum atomic E-state index is 13.2. The van der Waals surface area contributed by atoms with Crippen LogP contribution < -0.4 is 10.2 Å². The van der Waals surface area contributed by atoms with E-state index in [4.69, 9.17) is 0 Å². The minimum atomic E-state index is -3.69. The molecule has 0 bridgehead atoms. The SMILES string of the molecule is CCCCNC(=O)c1sccc1S(=O)(=O)N1CCN(c2cc(C)ccc2C)CC1. The number of piperazine rings is 1. The van der Waals surface area contributed by atoms with Crippen molar-refractivity contribution in [3.63, 3.8) is 0 Å². The molecule has 1 aliphatic rings. The van der Waals surface area contributed by atoms with Crippen LogP contribution in [0.2, 0.25) is 0 Å². The molecule has 8 heteroatoms. The summed E-state index contributed by atoms with van der Waals surface area (Å²) < 4.78 is 27.9. The first kappa shape index (κ1) is 21.8. The lowest BCUT2D eigenvalue weighted by atomic mass is 10.1. The van der Waals surface area contributed by atoms with Gasteiger partial charge in [0.2, 0.25) is 10.0 Å². The molecule has 1 saturated heterocycles. The van der Waals surface area contributed by atoms with E-state index >= 15 is 0 Å². The zero-order chi connectivity index (χ0) is 21.0. The molecule has 1 N–H and O–H groups in total. The summed E-state index contributed by atoms with van der Waals surface area (Å²) >= 11 is 1.18. The molecule has 1 aromatic heterocycles. The van der Waals surface area contributed by atoms with E-state index in [1.54, 1.807) is 11.4 Å². The Bertz CT molecular complexity index is 961. The van der Waals surface area contributed by atoms with Crippen LogP contribution in [0.15, 0.2) is 34.5 Å². The summed E-state index contributed by atoms with van der Waals surface area (Å²) in [6.07, 6.45) is 1.85. The lowest BCUT2D eigenvalue weighted by molar-refractivity contribution is 0.0954. The number of rotatable bonds is 7.